The molecule has 9 heteroatoms. The molecule has 0 aliphatic carbocycles. The van der Waals surface area contributed by atoms with Crippen molar-refractivity contribution in [2.75, 3.05) is 38.2 Å². The molecule has 0 radical (unpaired) electrons. The summed E-state index contributed by atoms with van der Waals surface area (Å²) < 4.78 is 6.61. The lowest BCUT2D eigenvalue weighted by molar-refractivity contribution is -0.149. The van der Waals surface area contributed by atoms with Crippen molar-refractivity contribution in [2.24, 2.45) is 11.8 Å². The second-order valence-electron chi connectivity index (χ2n) is 7.80. The monoisotopic (exact) mass is 398 g/mol. The van der Waals surface area contributed by atoms with E-state index in [1.165, 1.54) is 13.4 Å². The Morgan fingerprint density at radius 2 is 1.72 bits per heavy atom. The van der Waals surface area contributed by atoms with Crippen LogP contribution >= 0.6 is 0 Å². The van der Waals surface area contributed by atoms with E-state index in [1.54, 1.807) is 4.68 Å². The molecule has 0 atom stereocenters. The predicted molar refractivity (Wildman–Crippen MR) is 106 cm³/mol. The van der Waals surface area contributed by atoms with Crippen molar-refractivity contribution in [3.8, 4) is 5.82 Å². The standard InChI is InChI=1S/C20H26N6O3/c1-13-8-14(2)26(23-13)18-9-17(21-12-22-18)25-10-16(11-25)19(27)24-6-4-15(5-7-24)20(28)29-3/h8-9,12,15-16H,4-7,10-11H2,1-3H3. The van der Waals surface area contributed by atoms with Gasteiger partial charge in [0.05, 0.1) is 24.6 Å². The van der Waals surface area contributed by atoms with Crippen LogP contribution in [0.3, 0.4) is 0 Å². The highest BCUT2D eigenvalue weighted by Crippen LogP contribution is 2.27. The molecule has 2 fully saturated rings. The summed E-state index contributed by atoms with van der Waals surface area (Å²) >= 11 is 0. The number of nitrogens with zero attached hydrogens (tertiary/aromatic N) is 6. The Labute approximate surface area is 169 Å². The number of carbonyl (C=O) groups is 2. The third-order valence-corrected chi connectivity index (χ3v) is 5.76. The van der Waals surface area contributed by atoms with E-state index in [-0.39, 0.29) is 23.7 Å². The van der Waals surface area contributed by atoms with Gasteiger partial charge in [-0.15, -0.1) is 0 Å². The summed E-state index contributed by atoms with van der Waals surface area (Å²) in [7, 11) is 1.41. The van der Waals surface area contributed by atoms with Crippen molar-refractivity contribution in [3.05, 3.63) is 29.8 Å². The number of ether oxygens (including phenoxy) is 1. The Morgan fingerprint density at radius 3 is 2.34 bits per heavy atom. The molecule has 0 saturated carbocycles. The topological polar surface area (TPSA) is 93.5 Å². The summed E-state index contributed by atoms with van der Waals surface area (Å²) in [5.74, 6) is 1.40. The predicted octanol–water partition coefficient (Wildman–Crippen LogP) is 1.13. The minimum absolute atomic E-state index is 0.0308. The van der Waals surface area contributed by atoms with Crippen LogP contribution in [0.1, 0.15) is 24.2 Å². The highest BCUT2D eigenvalue weighted by atomic mass is 16.5. The second-order valence-corrected chi connectivity index (χ2v) is 7.80. The van der Waals surface area contributed by atoms with Crippen molar-refractivity contribution >= 4 is 17.7 Å². The van der Waals surface area contributed by atoms with E-state index in [4.69, 9.17) is 4.74 Å². The number of hydrogen-bond acceptors (Lipinski definition) is 7. The summed E-state index contributed by atoms with van der Waals surface area (Å²) in [4.78, 5) is 37.1. The number of aromatic nitrogens is 4. The van der Waals surface area contributed by atoms with Gasteiger partial charge in [0.2, 0.25) is 5.91 Å². The number of likely N-dealkylation sites (tertiary alicyclic amines) is 1. The van der Waals surface area contributed by atoms with Gasteiger partial charge in [-0.1, -0.05) is 0 Å². The van der Waals surface area contributed by atoms with Crippen LogP contribution in [0.4, 0.5) is 5.82 Å². The van der Waals surface area contributed by atoms with Crippen LogP contribution in [0.2, 0.25) is 0 Å². The largest absolute Gasteiger partial charge is 0.469 e. The molecule has 2 saturated heterocycles. The smallest absolute Gasteiger partial charge is 0.308 e. The maximum Gasteiger partial charge on any atom is 0.308 e. The fourth-order valence-corrected chi connectivity index (χ4v) is 4.07. The molecule has 0 unspecified atom stereocenters. The molecule has 9 nitrogen and oxygen atoms in total. The van der Waals surface area contributed by atoms with Crippen LogP contribution in [0.5, 0.6) is 0 Å². The number of amides is 1. The molecular formula is C20H26N6O3. The lowest BCUT2D eigenvalue weighted by Crippen LogP contribution is -2.56. The Kier molecular flexibility index (Phi) is 5.21. The van der Waals surface area contributed by atoms with Crippen molar-refractivity contribution in [1.29, 1.82) is 0 Å². The molecule has 4 heterocycles. The molecule has 2 aromatic rings. The Morgan fingerprint density at radius 1 is 1.03 bits per heavy atom. The number of esters is 1. The first-order valence-electron chi connectivity index (χ1n) is 9.93. The molecule has 0 aromatic carbocycles. The van der Waals surface area contributed by atoms with Crippen LogP contribution in [0, 0.1) is 25.7 Å². The van der Waals surface area contributed by atoms with Gasteiger partial charge in [-0.3, -0.25) is 9.59 Å². The number of carbonyl (C=O) groups excluding carboxylic acids is 2. The average molecular weight is 398 g/mol. The molecule has 0 N–H and O–H groups in total. The van der Waals surface area contributed by atoms with Gasteiger partial charge in [0.1, 0.15) is 12.1 Å². The van der Waals surface area contributed by atoms with E-state index in [0.717, 1.165) is 23.0 Å². The maximum atomic E-state index is 12.8. The Balaban J connectivity index is 1.34. The fraction of sp³-hybridized carbons (Fsp3) is 0.550. The van der Waals surface area contributed by atoms with E-state index in [2.05, 4.69) is 20.0 Å². The first kappa shape index (κ1) is 19.4. The van der Waals surface area contributed by atoms with Gasteiger partial charge in [-0.05, 0) is 32.8 Å². The highest BCUT2D eigenvalue weighted by molar-refractivity contribution is 5.82. The minimum atomic E-state index is -0.172. The summed E-state index contributed by atoms with van der Waals surface area (Å²) in [5, 5.41) is 4.47. The van der Waals surface area contributed by atoms with Crippen LogP contribution in [-0.2, 0) is 14.3 Å². The Bertz CT molecular complexity index is 913. The zero-order valence-electron chi connectivity index (χ0n) is 17.0. The average Bonchev–Trinajstić information content (AvgIpc) is 3.04. The lowest BCUT2D eigenvalue weighted by atomic mass is 9.93. The van der Waals surface area contributed by atoms with E-state index in [9.17, 15) is 9.59 Å². The van der Waals surface area contributed by atoms with Gasteiger partial charge in [-0.2, -0.15) is 5.10 Å². The van der Waals surface area contributed by atoms with Crippen LogP contribution in [0.25, 0.3) is 5.82 Å². The van der Waals surface area contributed by atoms with E-state index >= 15 is 0 Å². The third-order valence-electron chi connectivity index (χ3n) is 5.76. The van der Waals surface area contributed by atoms with Gasteiger partial charge < -0.3 is 14.5 Å². The lowest BCUT2D eigenvalue weighted by Gasteiger charge is -2.42. The normalized spacial score (nSPS) is 17.9. The number of piperidine rings is 1. The van der Waals surface area contributed by atoms with Gasteiger partial charge in [0.25, 0.3) is 0 Å². The zero-order chi connectivity index (χ0) is 20.5. The number of hydrogen-bond donors (Lipinski definition) is 0. The number of aryl methyl sites for hydroxylation is 2. The Hall–Kier alpha value is -2.97. The molecule has 1 amide bonds. The summed E-state index contributed by atoms with van der Waals surface area (Å²) in [5.41, 5.74) is 1.95. The van der Waals surface area contributed by atoms with Crippen LogP contribution < -0.4 is 4.90 Å². The zero-order valence-corrected chi connectivity index (χ0v) is 17.0. The van der Waals surface area contributed by atoms with E-state index < -0.39 is 0 Å². The second kappa shape index (κ2) is 7.81. The summed E-state index contributed by atoms with van der Waals surface area (Å²) in [6.45, 7) is 6.46. The molecule has 2 aliphatic rings. The van der Waals surface area contributed by atoms with E-state index in [1.807, 2.05) is 30.9 Å². The van der Waals surface area contributed by atoms with Crippen molar-refractivity contribution in [3.63, 3.8) is 0 Å². The van der Waals surface area contributed by atoms with Crippen molar-refractivity contribution in [1.82, 2.24) is 24.6 Å². The molecule has 2 aliphatic heterocycles. The summed E-state index contributed by atoms with van der Waals surface area (Å²) in [6.07, 6.45) is 2.88. The molecule has 4 rings (SSSR count). The van der Waals surface area contributed by atoms with E-state index in [0.29, 0.717) is 39.0 Å². The number of anilines is 1. The van der Waals surface area contributed by atoms with Crippen LogP contribution in [0.15, 0.2) is 18.5 Å². The maximum absolute atomic E-state index is 12.8. The number of methoxy groups -OCH3 is 1. The van der Waals surface area contributed by atoms with Gasteiger partial charge in [-0.25, -0.2) is 14.6 Å². The van der Waals surface area contributed by atoms with Gasteiger partial charge in [0, 0.05) is 37.9 Å². The minimum Gasteiger partial charge on any atom is -0.469 e. The molecule has 29 heavy (non-hydrogen) atoms. The molecule has 154 valence electrons. The SMILES string of the molecule is COC(=O)C1CCN(C(=O)C2CN(c3cc(-n4nc(C)cc4C)ncn3)C2)CC1. The molecular weight excluding hydrogens is 372 g/mol. The quantitative estimate of drug-likeness (QED) is 0.713. The highest BCUT2D eigenvalue weighted by Gasteiger charge is 2.38. The summed E-state index contributed by atoms with van der Waals surface area (Å²) in [6, 6.07) is 3.91. The van der Waals surface area contributed by atoms with Crippen molar-refractivity contribution < 1.29 is 14.3 Å². The first-order valence-corrected chi connectivity index (χ1v) is 9.93. The molecule has 2 aromatic heterocycles. The van der Waals surface area contributed by atoms with Gasteiger partial charge >= 0.3 is 5.97 Å². The number of rotatable bonds is 4. The van der Waals surface area contributed by atoms with Crippen molar-refractivity contribution in [2.45, 2.75) is 26.7 Å². The van der Waals surface area contributed by atoms with Gasteiger partial charge in [0.15, 0.2) is 5.82 Å². The third kappa shape index (κ3) is 3.81. The fourth-order valence-electron chi connectivity index (χ4n) is 4.07. The first-order chi connectivity index (χ1) is 14.0. The molecule has 0 bridgehead atoms. The molecule has 0 spiro atoms. The van der Waals surface area contributed by atoms with Crippen LogP contribution in [-0.4, -0.2) is 69.8 Å².